The molecule has 0 saturated heterocycles. The second-order valence-corrected chi connectivity index (χ2v) is 4.96. The first-order valence-corrected chi connectivity index (χ1v) is 6.74. The molecule has 1 heterocycles. The van der Waals surface area contributed by atoms with Gasteiger partial charge >= 0.3 is 11.6 Å². The first-order chi connectivity index (χ1) is 10.5. The molecule has 0 radical (unpaired) electrons. The van der Waals surface area contributed by atoms with Gasteiger partial charge in [-0.25, -0.2) is 4.79 Å². The van der Waals surface area contributed by atoms with Gasteiger partial charge in [-0.05, 0) is 37.3 Å². The fraction of sp³-hybridized carbons (Fsp3) is 0.176. The Hall–Kier alpha value is -2.82. The van der Waals surface area contributed by atoms with Crippen LogP contribution in [0, 0.1) is 6.92 Å². The Balaban J connectivity index is 2.37. The number of carbonyl (C=O) groups excluding carboxylic acids is 1. The first kappa shape index (κ1) is 14.1. The lowest BCUT2D eigenvalue weighted by Gasteiger charge is -2.10. The summed E-state index contributed by atoms with van der Waals surface area (Å²) in [4.78, 5) is 23.3. The molecular weight excluding hydrogens is 284 g/mol. The lowest BCUT2D eigenvalue weighted by atomic mass is 10.0. The second kappa shape index (κ2) is 5.18. The number of hydrogen-bond donors (Lipinski definition) is 0. The summed E-state index contributed by atoms with van der Waals surface area (Å²) >= 11 is 0. The van der Waals surface area contributed by atoms with Crippen LogP contribution < -0.4 is 15.1 Å². The van der Waals surface area contributed by atoms with Gasteiger partial charge in [0.1, 0.15) is 17.1 Å². The van der Waals surface area contributed by atoms with Crippen molar-refractivity contribution in [2.75, 3.05) is 7.11 Å². The van der Waals surface area contributed by atoms with Gasteiger partial charge in [-0.1, -0.05) is 0 Å². The highest BCUT2D eigenvalue weighted by molar-refractivity contribution is 6.06. The Morgan fingerprint density at radius 1 is 1.09 bits per heavy atom. The smallest absolute Gasteiger partial charge is 0.344 e. The third kappa shape index (κ3) is 2.20. The van der Waals surface area contributed by atoms with Gasteiger partial charge in [-0.15, -0.1) is 0 Å². The number of aryl methyl sites for hydroxylation is 1. The molecule has 1 aromatic heterocycles. The molecule has 0 fully saturated rings. The Kier molecular flexibility index (Phi) is 3.33. The molecule has 5 nitrogen and oxygen atoms in total. The molecule has 2 aromatic carbocycles. The van der Waals surface area contributed by atoms with E-state index in [-0.39, 0.29) is 0 Å². The van der Waals surface area contributed by atoms with Crippen LogP contribution in [0.3, 0.4) is 0 Å². The van der Waals surface area contributed by atoms with E-state index in [1.54, 1.807) is 38.3 Å². The number of hydrogen-bond acceptors (Lipinski definition) is 5. The molecule has 0 atom stereocenters. The number of benzene rings is 2. The third-order valence-electron chi connectivity index (χ3n) is 3.54. The maximum Gasteiger partial charge on any atom is 0.344 e. The first-order valence-electron chi connectivity index (χ1n) is 6.74. The average molecular weight is 298 g/mol. The van der Waals surface area contributed by atoms with Gasteiger partial charge in [-0.3, -0.25) is 4.79 Å². The van der Waals surface area contributed by atoms with E-state index >= 15 is 0 Å². The minimum atomic E-state index is -0.454. The summed E-state index contributed by atoms with van der Waals surface area (Å²) in [7, 11) is 1.54. The monoisotopic (exact) mass is 298 g/mol. The van der Waals surface area contributed by atoms with Crippen LogP contribution in [0.15, 0.2) is 39.5 Å². The highest BCUT2D eigenvalue weighted by Gasteiger charge is 2.14. The fourth-order valence-electron chi connectivity index (χ4n) is 2.48. The number of rotatable bonds is 2. The van der Waals surface area contributed by atoms with Crippen molar-refractivity contribution >= 4 is 27.7 Å². The van der Waals surface area contributed by atoms with Crippen molar-refractivity contribution in [3.05, 3.63) is 46.3 Å². The summed E-state index contributed by atoms with van der Waals surface area (Å²) in [5.41, 5.74) is 0.577. The van der Waals surface area contributed by atoms with E-state index in [2.05, 4.69) is 0 Å². The molecule has 0 N–H and O–H groups in total. The number of methoxy groups -OCH3 is 1. The number of fused-ring (bicyclic) bond motifs is 3. The summed E-state index contributed by atoms with van der Waals surface area (Å²) in [6.07, 6.45) is 0. The summed E-state index contributed by atoms with van der Waals surface area (Å²) in [6.45, 7) is 3.07. The summed E-state index contributed by atoms with van der Waals surface area (Å²) in [5, 5.41) is 2.00. The van der Waals surface area contributed by atoms with Crippen LogP contribution in [0.25, 0.3) is 21.7 Å². The lowest BCUT2D eigenvalue weighted by molar-refractivity contribution is -0.131. The van der Waals surface area contributed by atoms with Crippen LogP contribution in [0.5, 0.6) is 11.5 Å². The Labute approximate surface area is 126 Å². The number of ether oxygens (including phenoxy) is 2. The minimum absolute atomic E-state index is 0.385. The summed E-state index contributed by atoms with van der Waals surface area (Å²) in [6, 6.07) is 8.73. The molecule has 112 valence electrons. The topological polar surface area (TPSA) is 65.7 Å². The average Bonchev–Trinajstić information content (AvgIpc) is 2.50. The van der Waals surface area contributed by atoms with Gasteiger partial charge in [0, 0.05) is 23.3 Å². The molecular formula is C17H14O5. The third-order valence-corrected chi connectivity index (χ3v) is 3.54. The van der Waals surface area contributed by atoms with Crippen molar-refractivity contribution in [2.24, 2.45) is 0 Å². The zero-order valence-electron chi connectivity index (χ0n) is 12.4. The van der Waals surface area contributed by atoms with Gasteiger partial charge in [-0.2, -0.15) is 0 Å². The van der Waals surface area contributed by atoms with Gasteiger partial charge in [0.25, 0.3) is 0 Å². The number of carbonyl (C=O) groups is 1. The Morgan fingerprint density at radius 2 is 1.82 bits per heavy atom. The van der Waals surface area contributed by atoms with E-state index in [0.717, 1.165) is 10.8 Å². The van der Waals surface area contributed by atoms with Crippen molar-refractivity contribution in [2.45, 2.75) is 13.8 Å². The predicted octanol–water partition coefficient (Wildman–Crippen LogP) is 3.19. The fourth-order valence-corrected chi connectivity index (χ4v) is 2.48. The van der Waals surface area contributed by atoms with Crippen LogP contribution in [-0.2, 0) is 4.79 Å². The van der Waals surface area contributed by atoms with Crippen molar-refractivity contribution in [3.8, 4) is 11.5 Å². The molecule has 0 amide bonds. The minimum Gasteiger partial charge on any atom is -0.497 e. The molecule has 3 rings (SSSR count). The van der Waals surface area contributed by atoms with Gasteiger partial charge in [0.15, 0.2) is 0 Å². The molecule has 0 aliphatic carbocycles. The van der Waals surface area contributed by atoms with Crippen molar-refractivity contribution < 1.29 is 18.7 Å². The molecule has 5 heteroatoms. The Bertz CT molecular complexity index is 953. The molecule has 22 heavy (non-hydrogen) atoms. The standard InChI is InChI=1S/C17H14O5/c1-9-15(21-10(2)18)7-6-13-12-5-4-11(20-3)8-14(12)17(19)22-16(9)13/h4-8H,1-3H3. The molecule has 0 aliphatic heterocycles. The SMILES string of the molecule is COc1ccc2c(c1)c(=O)oc1c(C)c(OC(C)=O)ccc12. The van der Waals surface area contributed by atoms with Crippen LogP contribution in [0.4, 0.5) is 0 Å². The van der Waals surface area contributed by atoms with Gasteiger partial charge in [0.05, 0.1) is 12.5 Å². The quantitative estimate of drug-likeness (QED) is 0.314. The normalized spacial score (nSPS) is 10.9. The van der Waals surface area contributed by atoms with Crippen LogP contribution in [0.2, 0.25) is 0 Å². The molecule has 3 aromatic rings. The van der Waals surface area contributed by atoms with Crippen LogP contribution in [-0.4, -0.2) is 13.1 Å². The van der Waals surface area contributed by atoms with Crippen molar-refractivity contribution in [1.82, 2.24) is 0 Å². The summed E-state index contributed by atoms with van der Waals surface area (Å²) in [5.74, 6) is 0.554. The number of esters is 1. The second-order valence-electron chi connectivity index (χ2n) is 4.96. The van der Waals surface area contributed by atoms with E-state index in [9.17, 15) is 9.59 Å². The largest absolute Gasteiger partial charge is 0.497 e. The zero-order valence-corrected chi connectivity index (χ0v) is 12.4. The molecule has 0 aliphatic rings. The maximum atomic E-state index is 12.2. The lowest BCUT2D eigenvalue weighted by Crippen LogP contribution is -2.05. The molecule has 0 bridgehead atoms. The summed E-state index contributed by atoms with van der Waals surface area (Å²) < 4.78 is 15.7. The molecule has 0 spiro atoms. The van der Waals surface area contributed by atoms with Gasteiger partial charge < -0.3 is 13.9 Å². The van der Waals surface area contributed by atoms with E-state index < -0.39 is 11.6 Å². The Morgan fingerprint density at radius 3 is 2.50 bits per heavy atom. The highest BCUT2D eigenvalue weighted by atomic mass is 16.5. The van der Waals surface area contributed by atoms with Crippen LogP contribution in [0.1, 0.15) is 12.5 Å². The zero-order chi connectivity index (χ0) is 15.9. The van der Waals surface area contributed by atoms with Crippen LogP contribution >= 0.6 is 0 Å². The highest BCUT2D eigenvalue weighted by Crippen LogP contribution is 2.32. The van der Waals surface area contributed by atoms with E-state index in [4.69, 9.17) is 13.9 Å². The van der Waals surface area contributed by atoms with Crippen molar-refractivity contribution in [1.29, 1.82) is 0 Å². The predicted molar refractivity (Wildman–Crippen MR) is 82.6 cm³/mol. The van der Waals surface area contributed by atoms with E-state index in [1.165, 1.54) is 6.92 Å². The van der Waals surface area contributed by atoms with Gasteiger partial charge in [0.2, 0.25) is 0 Å². The molecule has 0 saturated carbocycles. The maximum absolute atomic E-state index is 12.2. The molecule has 0 unspecified atom stereocenters. The van der Waals surface area contributed by atoms with Crippen molar-refractivity contribution in [3.63, 3.8) is 0 Å². The van der Waals surface area contributed by atoms with E-state index in [1.807, 2.05) is 6.07 Å². The van der Waals surface area contributed by atoms with E-state index in [0.29, 0.717) is 28.0 Å².